The van der Waals surface area contributed by atoms with Crippen LogP contribution in [0, 0.1) is 0 Å². The minimum atomic E-state index is -1.97. The van der Waals surface area contributed by atoms with Gasteiger partial charge < -0.3 is 89.9 Å². The highest BCUT2D eigenvalue weighted by Crippen LogP contribution is 2.33. The highest BCUT2D eigenvalue weighted by atomic mass is 16.8. The average Bonchev–Trinajstić information content (AvgIpc) is 3.46. The van der Waals surface area contributed by atoms with Crippen LogP contribution in [0.15, 0.2) is 0 Å². The molecule has 0 radical (unpaired) electrons. The molecule has 0 aromatic rings. The van der Waals surface area contributed by atoms with Gasteiger partial charge in [-0.1, -0.05) is 226 Å². The molecule has 0 bridgehead atoms. The smallest absolute Gasteiger partial charge is 0.220 e. The third kappa shape index (κ3) is 28.0. The number of hydrogen-bond donors (Lipinski definition) is 12. The first-order valence-electron chi connectivity index (χ1n) is 31.8. The number of carbonyl (C=O) groups excluding carboxylic acids is 1. The van der Waals surface area contributed by atoms with Gasteiger partial charge in [-0.15, -0.1) is 0 Å². The Labute approximate surface area is 474 Å². The SMILES string of the molecule is CCCCCCCCCCCCCCCCCCCCCCCCCCC(=O)NC(COC1OC(CO)C(OC2OC(CO)C(OC3OC(CO)C(O)C(O)C3O)C(O)C2O)C(O)C1O)C(O)CCCCCCCCCCCC. The standard InChI is InChI=1S/C60H115NO18/c1-3-5-7-9-11-13-15-16-17-18-19-20-21-22-23-24-25-26-27-28-30-32-34-36-38-48(66)61-43(44(65)37-35-33-31-29-14-12-10-8-6-4-2)42-74-58-54(72)51(69)56(46(40-63)76-58)79-60-55(73)52(70)57(47(41-64)77-60)78-59-53(71)50(68)49(67)45(39-62)75-59/h43-47,49-60,62-65,67-73H,3-42H2,1-2H3,(H,61,66). The first-order chi connectivity index (χ1) is 38.3. The van der Waals surface area contributed by atoms with Crippen molar-refractivity contribution in [3.8, 4) is 0 Å². The van der Waals surface area contributed by atoms with Crippen LogP contribution < -0.4 is 5.32 Å². The largest absolute Gasteiger partial charge is 0.394 e. The molecule has 0 saturated carbocycles. The Bertz CT molecular complexity index is 1450. The van der Waals surface area contributed by atoms with Crippen LogP contribution in [-0.4, -0.2) is 193 Å². The van der Waals surface area contributed by atoms with E-state index in [1.54, 1.807) is 0 Å². The number of aliphatic hydroxyl groups is 11. The fourth-order valence-corrected chi connectivity index (χ4v) is 11.2. The fourth-order valence-electron chi connectivity index (χ4n) is 11.2. The van der Waals surface area contributed by atoms with Crippen LogP contribution in [0.25, 0.3) is 0 Å². The third-order valence-corrected chi connectivity index (χ3v) is 16.4. The van der Waals surface area contributed by atoms with Gasteiger partial charge in [0, 0.05) is 6.42 Å². The first-order valence-corrected chi connectivity index (χ1v) is 31.8. The quantitative estimate of drug-likeness (QED) is 0.0294. The average molecular weight is 1140 g/mol. The molecule has 3 aliphatic heterocycles. The molecule has 12 N–H and O–H groups in total. The van der Waals surface area contributed by atoms with Gasteiger partial charge in [0.05, 0.1) is 38.6 Å². The van der Waals surface area contributed by atoms with Crippen molar-refractivity contribution >= 4 is 5.91 Å². The lowest BCUT2D eigenvalue weighted by molar-refractivity contribution is -0.379. The van der Waals surface area contributed by atoms with Gasteiger partial charge in [-0.25, -0.2) is 0 Å². The Morgan fingerprint density at radius 2 is 0.722 bits per heavy atom. The maximum atomic E-state index is 13.3. The molecule has 0 spiro atoms. The Morgan fingerprint density at radius 3 is 1.10 bits per heavy atom. The van der Waals surface area contributed by atoms with E-state index < -0.39 is 124 Å². The topological polar surface area (TPSA) is 307 Å². The van der Waals surface area contributed by atoms with Gasteiger partial charge in [-0.2, -0.15) is 0 Å². The molecule has 17 atom stereocenters. The van der Waals surface area contributed by atoms with Gasteiger partial charge in [-0.05, 0) is 12.8 Å². The molecule has 0 aromatic heterocycles. The second-order valence-electron chi connectivity index (χ2n) is 23.2. The molecule has 19 heteroatoms. The van der Waals surface area contributed by atoms with E-state index in [0.29, 0.717) is 12.8 Å². The van der Waals surface area contributed by atoms with E-state index in [1.165, 1.54) is 167 Å². The summed E-state index contributed by atoms with van der Waals surface area (Å²) in [6.45, 7) is 1.79. The normalized spacial score (nSPS) is 30.2. The van der Waals surface area contributed by atoms with E-state index in [0.717, 1.165) is 44.9 Å². The van der Waals surface area contributed by atoms with Crippen molar-refractivity contribution < 1.29 is 89.4 Å². The van der Waals surface area contributed by atoms with Crippen molar-refractivity contribution in [2.45, 2.75) is 349 Å². The van der Waals surface area contributed by atoms with E-state index in [2.05, 4.69) is 19.2 Å². The predicted octanol–water partition coefficient (Wildman–Crippen LogP) is 6.38. The van der Waals surface area contributed by atoms with Crippen molar-refractivity contribution in [2.75, 3.05) is 26.4 Å². The molecule has 79 heavy (non-hydrogen) atoms. The summed E-state index contributed by atoms with van der Waals surface area (Å²) in [5.41, 5.74) is 0. The Hall–Kier alpha value is -1.21. The lowest BCUT2D eigenvalue weighted by Gasteiger charge is -2.48. The molecule has 468 valence electrons. The Kier molecular flexibility index (Phi) is 40.4. The van der Waals surface area contributed by atoms with Gasteiger partial charge in [0.2, 0.25) is 5.91 Å². The highest BCUT2D eigenvalue weighted by molar-refractivity contribution is 5.76. The number of unbranched alkanes of at least 4 members (excludes halogenated alkanes) is 32. The monoisotopic (exact) mass is 1140 g/mol. The molecule has 3 rings (SSSR count). The molecule has 19 nitrogen and oxygen atoms in total. The van der Waals surface area contributed by atoms with Gasteiger partial charge in [0.25, 0.3) is 0 Å². The minimum Gasteiger partial charge on any atom is -0.394 e. The van der Waals surface area contributed by atoms with Gasteiger partial charge in [-0.3, -0.25) is 4.79 Å². The van der Waals surface area contributed by atoms with Crippen LogP contribution in [0.5, 0.6) is 0 Å². The maximum absolute atomic E-state index is 13.3. The second-order valence-corrected chi connectivity index (χ2v) is 23.2. The van der Waals surface area contributed by atoms with Crippen molar-refractivity contribution in [1.82, 2.24) is 5.32 Å². The van der Waals surface area contributed by atoms with Crippen LogP contribution in [0.1, 0.15) is 245 Å². The van der Waals surface area contributed by atoms with Crippen LogP contribution >= 0.6 is 0 Å². The summed E-state index contributed by atoms with van der Waals surface area (Å²) in [7, 11) is 0. The van der Waals surface area contributed by atoms with Crippen LogP contribution in [0.4, 0.5) is 0 Å². The summed E-state index contributed by atoms with van der Waals surface area (Å²) < 4.78 is 34.3. The second kappa shape index (κ2) is 44.3. The molecule has 0 aliphatic carbocycles. The molecule has 17 unspecified atom stereocenters. The van der Waals surface area contributed by atoms with Gasteiger partial charge in [0.15, 0.2) is 18.9 Å². The van der Waals surface area contributed by atoms with Crippen molar-refractivity contribution in [1.29, 1.82) is 0 Å². The molecule has 3 saturated heterocycles. The summed E-state index contributed by atoms with van der Waals surface area (Å²) >= 11 is 0. The Morgan fingerprint density at radius 1 is 0.405 bits per heavy atom. The number of hydrogen-bond acceptors (Lipinski definition) is 18. The van der Waals surface area contributed by atoms with E-state index in [-0.39, 0.29) is 18.9 Å². The predicted molar refractivity (Wildman–Crippen MR) is 300 cm³/mol. The number of amides is 1. The number of carbonyl (C=O) groups is 1. The summed E-state index contributed by atoms with van der Waals surface area (Å²) in [6, 6.07) is -0.879. The third-order valence-electron chi connectivity index (χ3n) is 16.4. The summed E-state index contributed by atoms with van der Waals surface area (Å²) in [4.78, 5) is 13.3. The Balaban J connectivity index is 1.41. The molecular weight excluding hydrogens is 1020 g/mol. The number of rotatable bonds is 48. The number of ether oxygens (including phenoxy) is 6. The van der Waals surface area contributed by atoms with Crippen LogP contribution in [-0.2, 0) is 33.2 Å². The van der Waals surface area contributed by atoms with E-state index in [4.69, 9.17) is 28.4 Å². The lowest BCUT2D eigenvalue weighted by Crippen LogP contribution is -2.66. The summed E-state index contributed by atoms with van der Waals surface area (Å²) in [5, 5.41) is 120. The van der Waals surface area contributed by atoms with Crippen molar-refractivity contribution in [3.63, 3.8) is 0 Å². The van der Waals surface area contributed by atoms with Gasteiger partial charge >= 0.3 is 0 Å². The molecule has 1 amide bonds. The molecule has 3 fully saturated rings. The van der Waals surface area contributed by atoms with E-state index in [9.17, 15) is 61.0 Å². The lowest BCUT2D eigenvalue weighted by atomic mass is 9.96. The minimum absolute atomic E-state index is 0.239. The van der Waals surface area contributed by atoms with Crippen LogP contribution in [0.2, 0.25) is 0 Å². The highest BCUT2D eigenvalue weighted by Gasteiger charge is 2.53. The zero-order chi connectivity index (χ0) is 57.6. The molecule has 3 heterocycles. The fraction of sp³-hybridized carbons (Fsp3) is 0.983. The molecule has 0 aromatic carbocycles. The number of nitrogens with one attached hydrogen (secondary N) is 1. The zero-order valence-corrected chi connectivity index (χ0v) is 48.9. The molecule has 3 aliphatic rings. The van der Waals surface area contributed by atoms with Crippen LogP contribution in [0.3, 0.4) is 0 Å². The van der Waals surface area contributed by atoms with E-state index in [1.807, 2.05) is 0 Å². The molecular formula is C60H115NO18. The number of aliphatic hydroxyl groups excluding tert-OH is 11. The van der Waals surface area contributed by atoms with Gasteiger partial charge in [0.1, 0.15) is 73.2 Å². The van der Waals surface area contributed by atoms with Crippen molar-refractivity contribution in [3.05, 3.63) is 0 Å². The van der Waals surface area contributed by atoms with Crippen molar-refractivity contribution in [2.24, 2.45) is 0 Å². The first kappa shape index (κ1) is 72.1. The summed E-state index contributed by atoms with van der Waals surface area (Å²) in [6.07, 6.45) is 16.4. The van der Waals surface area contributed by atoms with E-state index >= 15 is 0 Å². The summed E-state index contributed by atoms with van der Waals surface area (Å²) in [5.74, 6) is -0.239. The maximum Gasteiger partial charge on any atom is 0.220 e. The zero-order valence-electron chi connectivity index (χ0n) is 48.9.